The zero-order valence-corrected chi connectivity index (χ0v) is 19.0. The van der Waals surface area contributed by atoms with Gasteiger partial charge >= 0.3 is 0 Å². The molecule has 0 radical (unpaired) electrons. The summed E-state index contributed by atoms with van der Waals surface area (Å²) in [4.78, 5) is 0. The Morgan fingerprint density at radius 1 is 0.828 bits per heavy atom. The highest BCUT2D eigenvalue weighted by Gasteiger charge is 2.54. The Labute approximate surface area is 176 Å². The van der Waals surface area contributed by atoms with Crippen molar-refractivity contribution in [3.8, 4) is 0 Å². The summed E-state index contributed by atoms with van der Waals surface area (Å²) in [6.45, 7) is 8.57. The van der Waals surface area contributed by atoms with Gasteiger partial charge in [0.1, 0.15) is 6.79 Å². The van der Waals surface area contributed by atoms with Gasteiger partial charge < -0.3 is 19.0 Å². The highest BCUT2D eigenvalue weighted by Crippen LogP contribution is 2.47. The van der Waals surface area contributed by atoms with Gasteiger partial charge in [0.05, 0.1) is 6.61 Å². The average Bonchev–Trinajstić information content (AvgIpc) is 3.41. The van der Waals surface area contributed by atoms with E-state index < -0.39 is 8.32 Å². The minimum Gasteiger partial charge on any atom is -0.407 e. The maximum absolute atomic E-state index is 9.80. The summed E-state index contributed by atoms with van der Waals surface area (Å²) in [5.41, 5.74) is 0. The van der Waals surface area contributed by atoms with E-state index in [0.29, 0.717) is 25.0 Å². The molecule has 0 amide bonds. The van der Waals surface area contributed by atoms with E-state index in [9.17, 15) is 5.11 Å². The van der Waals surface area contributed by atoms with Crippen molar-refractivity contribution in [2.75, 3.05) is 33.7 Å². The second-order valence-electron chi connectivity index (χ2n) is 8.93. The Hall–Kier alpha value is -1.50. The molecule has 0 aliphatic heterocycles. The molecule has 4 nitrogen and oxygen atoms in total. The van der Waals surface area contributed by atoms with Gasteiger partial charge in [-0.15, -0.1) is 0 Å². The molecule has 2 aromatic carbocycles. The van der Waals surface area contributed by atoms with E-state index in [1.165, 1.54) is 10.4 Å². The fourth-order valence-electron chi connectivity index (χ4n) is 4.54. The summed E-state index contributed by atoms with van der Waals surface area (Å²) in [5.74, 6) is 0.886. The van der Waals surface area contributed by atoms with Crippen LogP contribution in [0.5, 0.6) is 0 Å². The minimum absolute atomic E-state index is 0.0403. The second kappa shape index (κ2) is 9.54. The molecule has 0 saturated heterocycles. The Balaban J connectivity index is 1.89. The number of aliphatic hydroxyl groups excluding tert-OH is 1. The van der Waals surface area contributed by atoms with Crippen LogP contribution in [0.4, 0.5) is 0 Å². The van der Waals surface area contributed by atoms with E-state index >= 15 is 0 Å². The minimum atomic E-state index is -2.53. The third-order valence-corrected chi connectivity index (χ3v) is 11.1. The first-order chi connectivity index (χ1) is 14.0. The number of hydrogen-bond donors (Lipinski definition) is 1. The van der Waals surface area contributed by atoms with Crippen molar-refractivity contribution in [1.82, 2.24) is 0 Å². The van der Waals surface area contributed by atoms with Crippen molar-refractivity contribution >= 4 is 18.7 Å². The molecule has 0 unspecified atom stereocenters. The van der Waals surface area contributed by atoms with Crippen LogP contribution in [0, 0.1) is 17.8 Å². The fourth-order valence-corrected chi connectivity index (χ4v) is 9.14. The second-order valence-corrected chi connectivity index (χ2v) is 13.2. The molecule has 1 saturated carbocycles. The number of methoxy groups -OCH3 is 1. The van der Waals surface area contributed by atoms with Crippen LogP contribution in [0.2, 0.25) is 5.04 Å². The first-order valence-electron chi connectivity index (χ1n) is 10.4. The third-order valence-electron chi connectivity index (χ3n) is 6.14. The van der Waals surface area contributed by atoms with Crippen molar-refractivity contribution in [1.29, 1.82) is 0 Å². The number of benzene rings is 2. The SMILES string of the molecule is COCOC[C@H]1[C@H](CO)[C@@H]1CO[Si](c1ccccc1)(c1ccccc1)C(C)(C)C. The molecular formula is C24H34O4Si. The zero-order chi connectivity index (χ0) is 20.9. The number of rotatable bonds is 10. The lowest BCUT2D eigenvalue weighted by Gasteiger charge is -2.43. The average molecular weight is 415 g/mol. The molecule has 29 heavy (non-hydrogen) atoms. The molecule has 1 fully saturated rings. The molecular weight excluding hydrogens is 380 g/mol. The maximum atomic E-state index is 9.80. The topological polar surface area (TPSA) is 47.9 Å². The highest BCUT2D eigenvalue weighted by atomic mass is 28.4. The lowest BCUT2D eigenvalue weighted by Crippen LogP contribution is -2.66. The third kappa shape index (κ3) is 4.65. The Bertz CT molecular complexity index is 705. The fraction of sp³-hybridized carbons (Fsp3) is 0.500. The van der Waals surface area contributed by atoms with Gasteiger partial charge in [0.25, 0.3) is 8.32 Å². The van der Waals surface area contributed by atoms with Crippen LogP contribution in [0.15, 0.2) is 60.7 Å². The van der Waals surface area contributed by atoms with Crippen LogP contribution in [0.1, 0.15) is 20.8 Å². The van der Waals surface area contributed by atoms with Gasteiger partial charge in [-0.2, -0.15) is 0 Å². The molecule has 0 bridgehead atoms. The van der Waals surface area contributed by atoms with Crippen molar-refractivity contribution < 1.29 is 19.0 Å². The molecule has 3 atom stereocenters. The molecule has 1 aliphatic carbocycles. The summed E-state index contributed by atoms with van der Waals surface area (Å²) in [7, 11) is -0.904. The Morgan fingerprint density at radius 2 is 1.34 bits per heavy atom. The molecule has 0 heterocycles. The van der Waals surface area contributed by atoms with Gasteiger partial charge in [-0.1, -0.05) is 81.4 Å². The summed E-state index contributed by atoms with van der Waals surface area (Å²) in [6.07, 6.45) is 0. The molecule has 3 rings (SSSR count). The van der Waals surface area contributed by atoms with Crippen LogP contribution in [-0.2, 0) is 13.9 Å². The van der Waals surface area contributed by atoms with Crippen LogP contribution in [0.25, 0.3) is 0 Å². The summed E-state index contributed by atoms with van der Waals surface area (Å²) in [5, 5.41) is 12.3. The summed E-state index contributed by atoms with van der Waals surface area (Å²) >= 11 is 0. The van der Waals surface area contributed by atoms with Crippen LogP contribution < -0.4 is 10.4 Å². The Kier molecular flexibility index (Phi) is 7.30. The zero-order valence-electron chi connectivity index (χ0n) is 18.0. The lowest BCUT2D eigenvalue weighted by atomic mass is 10.2. The summed E-state index contributed by atoms with van der Waals surface area (Å²) in [6, 6.07) is 21.4. The first kappa shape index (κ1) is 22.2. The van der Waals surface area contributed by atoms with E-state index in [2.05, 4.69) is 81.4 Å². The highest BCUT2D eigenvalue weighted by molar-refractivity contribution is 6.99. The predicted molar refractivity (Wildman–Crippen MR) is 119 cm³/mol. The standard InChI is InChI=1S/C24H34O4Si/c1-24(2,3)29(19-11-7-5-8-12-19,20-13-9-6-10-14-20)28-17-23-21(15-25)22(23)16-27-18-26-4/h5-14,21-23,25H,15-18H2,1-4H3/t21-,22-,23-/m0/s1. The normalized spacial score (nSPS) is 21.9. The number of ether oxygens (including phenoxy) is 2. The lowest BCUT2D eigenvalue weighted by molar-refractivity contribution is -0.0373. The Morgan fingerprint density at radius 3 is 1.79 bits per heavy atom. The monoisotopic (exact) mass is 414 g/mol. The van der Waals surface area contributed by atoms with E-state index in [1.54, 1.807) is 7.11 Å². The molecule has 5 heteroatoms. The maximum Gasteiger partial charge on any atom is 0.261 e. The van der Waals surface area contributed by atoms with E-state index in [0.717, 1.165) is 0 Å². The first-order valence-corrected chi connectivity index (χ1v) is 12.3. The predicted octanol–water partition coefficient (Wildman–Crippen LogP) is 3.04. The van der Waals surface area contributed by atoms with Gasteiger partial charge in [-0.05, 0) is 33.2 Å². The summed E-state index contributed by atoms with van der Waals surface area (Å²) < 4.78 is 17.5. The van der Waals surface area contributed by atoms with E-state index in [-0.39, 0.29) is 24.4 Å². The molecule has 158 valence electrons. The smallest absolute Gasteiger partial charge is 0.261 e. The van der Waals surface area contributed by atoms with E-state index in [4.69, 9.17) is 13.9 Å². The van der Waals surface area contributed by atoms with Crippen LogP contribution in [0.3, 0.4) is 0 Å². The van der Waals surface area contributed by atoms with Gasteiger partial charge in [-0.3, -0.25) is 0 Å². The van der Waals surface area contributed by atoms with Crippen LogP contribution in [-0.4, -0.2) is 47.1 Å². The van der Waals surface area contributed by atoms with Crippen LogP contribution >= 0.6 is 0 Å². The van der Waals surface area contributed by atoms with Crippen molar-refractivity contribution in [3.63, 3.8) is 0 Å². The molecule has 0 spiro atoms. The largest absolute Gasteiger partial charge is 0.407 e. The van der Waals surface area contributed by atoms with Gasteiger partial charge in [0.2, 0.25) is 0 Å². The van der Waals surface area contributed by atoms with E-state index in [1.807, 2.05) is 0 Å². The van der Waals surface area contributed by atoms with Gasteiger partial charge in [0, 0.05) is 20.3 Å². The molecule has 1 N–H and O–H groups in total. The number of hydrogen-bond acceptors (Lipinski definition) is 4. The van der Waals surface area contributed by atoms with Gasteiger partial charge in [-0.25, -0.2) is 0 Å². The van der Waals surface area contributed by atoms with Crippen molar-refractivity contribution in [2.45, 2.75) is 25.8 Å². The molecule has 2 aromatic rings. The van der Waals surface area contributed by atoms with Gasteiger partial charge in [0.15, 0.2) is 0 Å². The van der Waals surface area contributed by atoms with Crippen molar-refractivity contribution in [2.24, 2.45) is 17.8 Å². The van der Waals surface area contributed by atoms with Crippen molar-refractivity contribution in [3.05, 3.63) is 60.7 Å². The molecule has 1 aliphatic rings. The quantitative estimate of drug-likeness (QED) is 0.369. The molecule has 0 aromatic heterocycles. The number of aliphatic hydroxyl groups is 1.